The van der Waals surface area contributed by atoms with Crippen LogP contribution in [0.4, 0.5) is 0 Å². The van der Waals surface area contributed by atoms with Crippen LogP contribution in [0.15, 0.2) is 30.3 Å². The highest BCUT2D eigenvalue weighted by Crippen LogP contribution is 2.31. The van der Waals surface area contributed by atoms with E-state index in [0.29, 0.717) is 0 Å². The first kappa shape index (κ1) is 180. The van der Waals surface area contributed by atoms with Gasteiger partial charge in [0.15, 0.2) is 99.8 Å². The number of hydrogen-bond acceptors (Lipinski definition) is 13. The SMILES string of the molecule is C.C.C.C.C.C.C.C.C.C.C.C.C.C.CCCCCCCCCCCC[Si](C)(C)O[Si](C)(C)CCCC.CCCC[Si](C)(C)O[Si](C)(C)CCCOCCC.CCCC[Si](C)(C)O[Si](C)(C)CCCOCCC.CCCC[Si](C)(C)O[Si](C)(C)CCCOCCOCCC.CCCOCCC[Si](C)(C)O[Si](C)(C)C.CCCOCCC[Si](C)(C)O[Si](C)(O[Si](C)(C)C)c1ccccc1. The minimum absolute atomic E-state index is 0. The van der Waals surface area contributed by atoms with Crippen molar-refractivity contribution in [3.63, 3.8) is 0 Å². The molecule has 830 valence electrons. The zero-order valence-electron chi connectivity index (χ0n) is 87.5. The van der Waals surface area contributed by atoms with Gasteiger partial charge >= 0.3 is 8.56 Å². The van der Waals surface area contributed by atoms with Crippen molar-refractivity contribution in [3.8, 4) is 0 Å². The van der Waals surface area contributed by atoms with Crippen LogP contribution >= 0.6 is 0 Å². The van der Waals surface area contributed by atoms with Gasteiger partial charge in [0, 0.05) is 66.1 Å². The van der Waals surface area contributed by atoms with E-state index in [-0.39, 0.29) is 104 Å². The third kappa shape index (κ3) is 130. The zero-order chi connectivity index (χ0) is 92.2. The van der Waals surface area contributed by atoms with Crippen LogP contribution in [0.3, 0.4) is 0 Å². The minimum atomic E-state index is -2.39. The van der Waals surface area contributed by atoms with Gasteiger partial charge in [-0.1, -0.05) is 319 Å². The van der Waals surface area contributed by atoms with Gasteiger partial charge in [0.25, 0.3) is 0 Å². The van der Waals surface area contributed by atoms with Crippen molar-refractivity contribution in [1.29, 1.82) is 0 Å². The molecule has 13 nitrogen and oxygen atoms in total. The standard InChI is InChI=1S/C20H46OSi2.C18H36O3Si3.C16H38O3Si2.2C14H34O2Si2.C11H28O2Si2.14CH4/c1-7-9-11-12-13-14-15-16-17-18-20-23(5,6)21-22(3,4)19-10-8-2;1-8-15-19-16-12-17-23(5,6)21-24(7,20-22(2,3)4)18-13-10-9-11-14-18;1-7-9-15-20(3,4)19-21(5,6)16-10-12-18-14-13-17-11-8-2;2*1-7-9-13-17(3,4)16-18(5,6)14-10-12-15-11-8-2;1-7-9-12-10-8-11-15(5,6)13-14(2,3)4;;;;;;;;;;;;;;/h7-20H2,1-6H3;9-11,13-14H,8,12,15-17H2,1-7H3;7-16H2,1-6H3;2*7-14H2,1-6H3;7-11H2,1-6H3;14*1H4. The van der Waals surface area contributed by atoms with E-state index in [1.54, 1.807) is 0 Å². The first-order valence-electron chi connectivity index (χ1n) is 49.6. The lowest BCUT2D eigenvalue weighted by atomic mass is 10.1. The summed E-state index contributed by atoms with van der Waals surface area (Å²) >= 11 is 0. The maximum Gasteiger partial charge on any atom is 0.348 e. The summed E-state index contributed by atoms with van der Waals surface area (Å²) in [6.45, 7) is 95.6. The molecule has 0 heterocycles. The predicted molar refractivity (Wildman–Crippen MR) is 660 cm³/mol. The lowest BCUT2D eigenvalue weighted by molar-refractivity contribution is 0.0481. The third-order valence-corrected chi connectivity index (χ3v) is 67.3. The lowest BCUT2D eigenvalue weighted by Gasteiger charge is -2.40. The first-order valence-corrected chi connectivity index (χ1v) is 89.9. The van der Waals surface area contributed by atoms with E-state index < -0.39 is 108 Å². The van der Waals surface area contributed by atoms with Crippen molar-refractivity contribution in [3.05, 3.63) is 30.3 Å². The molecule has 0 aromatic heterocycles. The van der Waals surface area contributed by atoms with Gasteiger partial charge in [-0.05, 0) is 307 Å². The zero-order valence-corrected chi connectivity index (χ0v) is 101. The van der Waals surface area contributed by atoms with Gasteiger partial charge in [-0.25, -0.2) is 0 Å². The Morgan fingerprint density at radius 2 is 0.331 bits per heavy atom. The van der Waals surface area contributed by atoms with Crippen LogP contribution in [0, 0.1) is 0 Å². The molecule has 1 atom stereocenters. The number of rotatable bonds is 71. The molecular formula is C107H272O13Si13. The molecule has 1 aromatic carbocycles. The van der Waals surface area contributed by atoms with Crippen molar-refractivity contribution < 1.29 is 57.2 Å². The Kier molecular flexibility index (Phi) is 140. The molecule has 26 heteroatoms. The molecule has 0 saturated carbocycles. The van der Waals surface area contributed by atoms with Crippen molar-refractivity contribution in [1.82, 2.24) is 0 Å². The number of ether oxygens (including phenoxy) is 6. The van der Waals surface area contributed by atoms with E-state index in [9.17, 15) is 0 Å². The molecule has 0 radical (unpaired) electrons. The van der Waals surface area contributed by atoms with Crippen LogP contribution in [0.25, 0.3) is 0 Å². The molecule has 1 rings (SSSR count). The van der Waals surface area contributed by atoms with E-state index in [0.717, 1.165) is 150 Å². The summed E-state index contributed by atoms with van der Waals surface area (Å²) in [4.78, 5) is 0. The van der Waals surface area contributed by atoms with Crippen LogP contribution < -0.4 is 5.19 Å². The molecule has 0 aliphatic carbocycles. The van der Waals surface area contributed by atoms with Gasteiger partial charge < -0.3 is 57.2 Å². The quantitative estimate of drug-likeness (QED) is 0.0455. The van der Waals surface area contributed by atoms with Gasteiger partial charge in [0.05, 0.1) is 13.2 Å². The largest absolute Gasteiger partial charge is 0.456 e. The van der Waals surface area contributed by atoms with Crippen molar-refractivity contribution in [2.45, 2.75) is 590 Å². The monoisotopic (exact) mass is 2130 g/mol. The summed E-state index contributed by atoms with van der Waals surface area (Å²) in [5.41, 5.74) is 0. The van der Waals surface area contributed by atoms with E-state index in [2.05, 4.69) is 276 Å². The summed E-state index contributed by atoms with van der Waals surface area (Å²) < 4.78 is 79.4. The molecule has 0 fully saturated rings. The fourth-order valence-corrected chi connectivity index (χ4v) is 71.9. The fraction of sp³-hybridized carbons (Fsp3) is 0.944. The third-order valence-electron chi connectivity index (χ3n) is 20.2. The fourth-order valence-electron chi connectivity index (χ4n) is 15.2. The average molecular weight is 2130 g/mol. The Hall–Kier alpha value is 1.52. The van der Waals surface area contributed by atoms with Crippen LogP contribution in [0.1, 0.15) is 353 Å². The Balaban J connectivity index is -0.0000000679. The number of unbranched alkanes of at least 4 members (excludes halogenated alkanes) is 13. The highest BCUT2D eigenvalue weighted by Gasteiger charge is 2.44. The summed E-state index contributed by atoms with van der Waals surface area (Å²) in [6, 6.07) is 23.2. The Morgan fingerprint density at radius 3 is 0.541 bits per heavy atom. The second-order valence-electron chi connectivity index (χ2n) is 42.4. The van der Waals surface area contributed by atoms with E-state index in [4.69, 9.17) is 57.2 Å². The van der Waals surface area contributed by atoms with Gasteiger partial charge in [-0.2, -0.15) is 0 Å². The molecule has 0 spiro atoms. The second kappa shape index (κ2) is 103. The molecule has 0 aliphatic rings. The maximum absolute atomic E-state index is 6.83. The molecule has 0 aliphatic heterocycles. The van der Waals surface area contributed by atoms with E-state index in [1.807, 2.05) is 0 Å². The predicted octanol–water partition coefficient (Wildman–Crippen LogP) is 40.9. The normalized spacial score (nSPS) is 12.0. The smallest absolute Gasteiger partial charge is 0.348 e. The van der Waals surface area contributed by atoms with Crippen molar-refractivity contribution in [2.75, 3.05) is 79.3 Å². The molecule has 0 saturated heterocycles. The molecule has 0 bridgehead atoms. The highest BCUT2D eigenvalue weighted by atomic mass is 28.5. The summed E-state index contributed by atoms with van der Waals surface area (Å²) in [5, 5.41) is 1.25. The summed E-state index contributed by atoms with van der Waals surface area (Å²) in [5.74, 6) is 0. The molecule has 1 aromatic rings. The second-order valence-corrected chi connectivity index (χ2v) is 99.2. The maximum atomic E-state index is 6.83. The number of hydrogen-bond donors (Lipinski definition) is 0. The Bertz CT molecular complexity index is 2330. The summed E-state index contributed by atoms with van der Waals surface area (Å²) in [7, 11) is -20.2. The molecule has 0 amide bonds. The highest BCUT2D eigenvalue weighted by molar-refractivity contribution is 6.94. The molecular weight excluding hydrogens is 1860 g/mol. The lowest BCUT2D eigenvalue weighted by Crippen LogP contribution is -2.60. The van der Waals surface area contributed by atoms with Gasteiger partial charge in [-0.3, -0.25) is 0 Å². The van der Waals surface area contributed by atoms with Crippen LogP contribution in [-0.2, 0) is 57.2 Å². The Morgan fingerprint density at radius 1 is 0.158 bits per heavy atom. The van der Waals surface area contributed by atoms with Crippen LogP contribution in [0.2, 0.25) is 237 Å². The van der Waals surface area contributed by atoms with Gasteiger partial charge in [-0.15, -0.1) is 0 Å². The molecule has 133 heavy (non-hydrogen) atoms. The molecule has 1 unspecified atom stereocenters. The molecule has 0 N–H and O–H groups in total. The van der Waals surface area contributed by atoms with E-state index in [1.165, 1.54) is 175 Å². The van der Waals surface area contributed by atoms with Crippen molar-refractivity contribution in [2.24, 2.45) is 0 Å². The van der Waals surface area contributed by atoms with Gasteiger partial charge in [0.1, 0.15) is 0 Å². The number of benzene rings is 1. The minimum Gasteiger partial charge on any atom is -0.456 e. The van der Waals surface area contributed by atoms with Crippen LogP contribution in [-0.4, -0.2) is 188 Å². The van der Waals surface area contributed by atoms with E-state index >= 15 is 0 Å². The first-order chi connectivity index (χ1) is 55.2. The van der Waals surface area contributed by atoms with Crippen molar-refractivity contribution >= 4 is 114 Å². The van der Waals surface area contributed by atoms with Gasteiger partial charge in [0.2, 0.25) is 0 Å². The topological polar surface area (TPSA) is 120 Å². The average Bonchev–Trinajstić information content (AvgIpc) is 0.766. The summed E-state index contributed by atoms with van der Waals surface area (Å²) in [6.07, 6.45) is 36.0. The van der Waals surface area contributed by atoms with Crippen LogP contribution in [0.5, 0.6) is 0 Å². The Labute approximate surface area is 864 Å².